The van der Waals surface area contributed by atoms with Crippen LogP contribution in [0, 0.1) is 3.57 Å². The fraction of sp³-hybridized carbons (Fsp3) is 0. The van der Waals surface area contributed by atoms with Gasteiger partial charge in [-0.15, -0.1) is 0 Å². The zero-order valence-electron chi connectivity index (χ0n) is 15.3. The molecule has 1 heterocycles. The molecule has 0 saturated carbocycles. The summed E-state index contributed by atoms with van der Waals surface area (Å²) < 4.78 is 11.6. The van der Waals surface area contributed by atoms with Crippen LogP contribution < -0.4 is 4.74 Å². The number of rotatable bonds is 4. The van der Waals surface area contributed by atoms with Crippen LogP contribution in [-0.2, 0) is 9.53 Å². The van der Waals surface area contributed by atoms with E-state index in [0.29, 0.717) is 27.5 Å². The number of esters is 2. The number of cyclic esters (lactones) is 1. The highest BCUT2D eigenvalue weighted by Crippen LogP contribution is 2.26. The number of ether oxygens (including phenoxy) is 2. The molecule has 0 spiro atoms. The number of carbonyl (C=O) groups excluding carboxylic acids is 2. The van der Waals surface area contributed by atoms with Gasteiger partial charge in [-0.1, -0.05) is 41.9 Å². The molecule has 3 aromatic rings. The molecule has 0 aromatic heterocycles. The molecule has 1 aliphatic heterocycles. The summed E-state index contributed by atoms with van der Waals surface area (Å²) in [6.07, 6.45) is 1.57. The highest BCUT2D eigenvalue weighted by atomic mass is 127. The van der Waals surface area contributed by atoms with E-state index in [4.69, 9.17) is 21.1 Å². The van der Waals surface area contributed by atoms with E-state index in [1.54, 1.807) is 66.7 Å². The monoisotopic (exact) mass is 529 g/mol. The Morgan fingerprint density at radius 3 is 2.63 bits per heavy atom. The summed E-state index contributed by atoms with van der Waals surface area (Å²) in [5, 5.41) is 0.443. The Hall–Kier alpha value is -2.97. The lowest BCUT2D eigenvalue weighted by atomic mass is 10.2. The first-order valence-electron chi connectivity index (χ1n) is 8.85. The average Bonchev–Trinajstić information content (AvgIpc) is 3.10. The summed E-state index contributed by atoms with van der Waals surface area (Å²) in [4.78, 5) is 28.8. The van der Waals surface area contributed by atoms with Crippen LogP contribution >= 0.6 is 34.2 Å². The average molecular weight is 530 g/mol. The Labute approximate surface area is 191 Å². The van der Waals surface area contributed by atoms with E-state index >= 15 is 0 Å². The maximum Gasteiger partial charge on any atom is 0.363 e. The van der Waals surface area contributed by atoms with Gasteiger partial charge in [0.25, 0.3) is 0 Å². The molecule has 3 aromatic carbocycles. The molecule has 148 valence electrons. The SMILES string of the molecule is O=C1OC(c2cc(I)ccc2Cl)=N/C1=C\c1cccc(OC(=O)c2ccccc2)c1. The standard InChI is InChI=1S/C23H13ClINO4/c24-19-10-9-16(25)13-18(19)21-26-20(23(28)30-21)12-14-5-4-8-17(11-14)29-22(27)15-6-2-1-3-7-15/h1-13H/b20-12-. The van der Waals surface area contributed by atoms with Gasteiger partial charge >= 0.3 is 11.9 Å². The van der Waals surface area contributed by atoms with E-state index in [0.717, 1.165) is 3.57 Å². The smallest absolute Gasteiger partial charge is 0.363 e. The molecule has 0 atom stereocenters. The second kappa shape index (κ2) is 8.81. The van der Waals surface area contributed by atoms with Gasteiger partial charge in [0.15, 0.2) is 5.70 Å². The highest BCUT2D eigenvalue weighted by Gasteiger charge is 2.25. The molecule has 7 heteroatoms. The summed E-state index contributed by atoms with van der Waals surface area (Å²) in [6, 6.07) is 20.9. The molecular formula is C23H13ClINO4. The first kappa shape index (κ1) is 20.3. The third-order valence-electron chi connectivity index (χ3n) is 4.16. The number of halogens is 2. The van der Waals surface area contributed by atoms with Crippen LogP contribution in [0.4, 0.5) is 0 Å². The lowest BCUT2D eigenvalue weighted by Gasteiger charge is -2.05. The maximum atomic E-state index is 12.3. The van der Waals surface area contributed by atoms with Crippen molar-refractivity contribution in [3.63, 3.8) is 0 Å². The van der Waals surface area contributed by atoms with Gasteiger partial charge in [-0.25, -0.2) is 14.6 Å². The van der Waals surface area contributed by atoms with Gasteiger partial charge in [-0.2, -0.15) is 0 Å². The quantitative estimate of drug-likeness (QED) is 0.194. The predicted molar refractivity (Wildman–Crippen MR) is 123 cm³/mol. The lowest BCUT2D eigenvalue weighted by molar-refractivity contribution is -0.129. The molecule has 0 saturated heterocycles. The fourth-order valence-electron chi connectivity index (χ4n) is 2.75. The first-order chi connectivity index (χ1) is 14.5. The van der Waals surface area contributed by atoms with E-state index in [2.05, 4.69) is 27.6 Å². The molecule has 0 aliphatic carbocycles. The van der Waals surface area contributed by atoms with Gasteiger partial charge < -0.3 is 9.47 Å². The Bertz CT molecular complexity index is 1200. The van der Waals surface area contributed by atoms with Crippen molar-refractivity contribution in [1.29, 1.82) is 0 Å². The molecule has 0 radical (unpaired) electrons. The van der Waals surface area contributed by atoms with Crippen molar-refractivity contribution in [1.82, 2.24) is 0 Å². The zero-order chi connectivity index (χ0) is 21.1. The molecule has 30 heavy (non-hydrogen) atoms. The summed E-state index contributed by atoms with van der Waals surface area (Å²) in [7, 11) is 0. The summed E-state index contributed by atoms with van der Waals surface area (Å²) >= 11 is 8.35. The van der Waals surface area contributed by atoms with Crippen LogP contribution in [0.1, 0.15) is 21.5 Å². The molecule has 0 fully saturated rings. The molecule has 5 nitrogen and oxygen atoms in total. The van der Waals surface area contributed by atoms with Crippen LogP contribution in [0.2, 0.25) is 5.02 Å². The Balaban J connectivity index is 1.58. The van der Waals surface area contributed by atoms with Crippen molar-refractivity contribution < 1.29 is 19.1 Å². The zero-order valence-corrected chi connectivity index (χ0v) is 18.3. The normalized spacial score (nSPS) is 14.4. The Morgan fingerprint density at radius 1 is 1.03 bits per heavy atom. The van der Waals surface area contributed by atoms with Crippen LogP contribution in [-0.4, -0.2) is 17.8 Å². The van der Waals surface area contributed by atoms with Gasteiger partial charge in [-0.3, -0.25) is 0 Å². The highest BCUT2D eigenvalue weighted by molar-refractivity contribution is 14.1. The molecular weight excluding hydrogens is 517 g/mol. The first-order valence-corrected chi connectivity index (χ1v) is 10.3. The van der Waals surface area contributed by atoms with E-state index in [1.165, 1.54) is 0 Å². The molecule has 0 amide bonds. The topological polar surface area (TPSA) is 65.0 Å². The van der Waals surface area contributed by atoms with Crippen molar-refractivity contribution in [2.45, 2.75) is 0 Å². The minimum absolute atomic E-state index is 0.131. The predicted octanol–water partition coefficient (Wildman–Crippen LogP) is 5.51. The molecule has 1 aliphatic rings. The van der Waals surface area contributed by atoms with Crippen molar-refractivity contribution in [2.75, 3.05) is 0 Å². The van der Waals surface area contributed by atoms with Gasteiger partial charge in [0, 0.05) is 3.57 Å². The van der Waals surface area contributed by atoms with Gasteiger partial charge in [0.2, 0.25) is 5.90 Å². The minimum atomic E-state index is -0.577. The van der Waals surface area contributed by atoms with E-state index in [1.807, 2.05) is 12.1 Å². The second-order valence-corrected chi connectivity index (χ2v) is 7.94. The Morgan fingerprint density at radius 2 is 1.83 bits per heavy atom. The molecule has 0 unspecified atom stereocenters. The largest absolute Gasteiger partial charge is 0.423 e. The second-order valence-electron chi connectivity index (χ2n) is 6.29. The van der Waals surface area contributed by atoms with Gasteiger partial charge in [0.05, 0.1) is 16.1 Å². The van der Waals surface area contributed by atoms with Gasteiger partial charge in [0.1, 0.15) is 5.75 Å². The van der Waals surface area contributed by atoms with Crippen LogP contribution in [0.3, 0.4) is 0 Å². The van der Waals surface area contributed by atoms with E-state index in [-0.39, 0.29) is 11.6 Å². The summed E-state index contributed by atoms with van der Waals surface area (Å²) in [6.45, 7) is 0. The number of carbonyl (C=O) groups is 2. The number of nitrogens with zero attached hydrogens (tertiary/aromatic N) is 1. The van der Waals surface area contributed by atoms with E-state index in [9.17, 15) is 9.59 Å². The lowest BCUT2D eigenvalue weighted by Crippen LogP contribution is -2.08. The van der Waals surface area contributed by atoms with Crippen LogP contribution in [0.5, 0.6) is 5.75 Å². The molecule has 4 rings (SSSR count). The van der Waals surface area contributed by atoms with Crippen molar-refractivity contribution in [3.8, 4) is 5.75 Å². The third-order valence-corrected chi connectivity index (χ3v) is 5.16. The fourth-order valence-corrected chi connectivity index (χ4v) is 3.44. The Kier molecular flexibility index (Phi) is 5.96. The number of hydrogen-bond acceptors (Lipinski definition) is 5. The summed E-state index contributed by atoms with van der Waals surface area (Å²) in [5.41, 5.74) is 1.76. The van der Waals surface area contributed by atoms with Crippen molar-refractivity contribution >= 4 is 58.1 Å². The number of benzene rings is 3. The van der Waals surface area contributed by atoms with E-state index < -0.39 is 11.9 Å². The number of hydrogen-bond donors (Lipinski definition) is 0. The third kappa shape index (κ3) is 4.60. The van der Waals surface area contributed by atoms with Gasteiger partial charge in [-0.05, 0) is 76.7 Å². The number of aliphatic imine (C=N–C) groups is 1. The molecule has 0 N–H and O–H groups in total. The van der Waals surface area contributed by atoms with Crippen LogP contribution in [0.15, 0.2) is 83.5 Å². The molecule has 0 bridgehead atoms. The van der Waals surface area contributed by atoms with Crippen molar-refractivity contribution in [3.05, 3.63) is 104 Å². The summed E-state index contributed by atoms with van der Waals surface area (Å²) in [5.74, 6) is -0.531. The van der Waals surface area contributed by atoms with Crippen LogP contribution in [0.25, 0.3) is 6.08 Å². The minimum Gasteiger partial charge on any atom is -0.423 e. The van der Waals surface area contributed by atoms with Crippen molar-refractivity contribution in [2.24, 2.45) is 4.99 Å². The maximum absolute atomic E-state index is 12.3.